The zero-order chi connectivity index (χ0) is 29.7. The lowest BCUT2D eigenvalue weighted by atomic mass is 9.48. The lowest BCUT2D eigenvalue weighted by Crippen LogP contribution is -2.50. The van der Waals surface area contributed by atoms with Crippen LogP contribution >= 0.6 is 34.8 Å². The molecule has 4 nitrogen and oxygen atoms in total. The van der Waals surface area contributed by atoms with Crippen molar-refractivity contribution in [2.75, 3.05) is 32.7 Å². The fraction of sp³-hybridized carbons (Fsp3) is 0.556. The third-order valence-electron chi connectivity index (χ3n) is 11.2. The highest BCUT2D eigenvalue weighted by Crippen LogP contribution is 2.61. The topological polar surface area (TPSA) is 35.9 Å². The van der Waals surface area contributed by atoms with Gasteiger partial charge in [0.2, 0.25) is 0 Å². The van der Waals surface area contributed by atoms with Gasteiger partial charge in [0.05, 0.1) is 0 Å². The first kappa shape index (κ1) is 29.8. The summed E-state index contributed by atoms with van der Waals surface area (Å²) >= 11 is 19.1. The van der Waals surface area contributed by atoms with Crippen molar-refractivity contribution in [1.82, 2.24) is 9.80 Å². The number of rotatable bonds is 8. The minimum atomic E-state index is -0.375. The number of amides is 1. The second-order valence-corrected chi connectivity index (χ2v) is 15.4. The highest BCUT2D eigenvalue weighted by Gasteiger charge is 2.50. The van der Waals surface area contributed by atoms with Gasteiger partial charge in [0.15, 0.2) is 0 Å². The molecule has 1 atom stereocenters. The van der Waals surface area contributed by atoms with E-state index in [9.17, 15) is 4.79 Å². The Hall–Kier alpha value is -1.85. The second-order valence-electron chi connectivity index (χ2n) is 14.1. The highest BCUT2D eigenvalue weighted by molar-refractivity contribution is 6.47. The number of nitrogens with zero attached hydrogens (tertiary/aromatic N) is 3. The summed E-state index contributed by atoms with van der Waals surface area (Å²) in [7, 11) is 0. The van der Waals surface area contributed by atoms with Crippen molar-refractivity contribution in [3.8, 4) is 0 Å². The molecular formula is C36H42Cl3N3O. The minimum Gasteiger partial charge on any atom is -0.335 e. The van der Waals surface area contributed by atoms with Gasteiger partial charge < -0.3 is 4.90 Å². The van der Waals surface area contributed by atoms with Gasteiger partial charge in [0.1, 0.15) is 11.8 Å². The number of carbonyl (C=O) groups is 1. The molecule has 4 bridgehead atoms. The van der Waals surface area contributed by atoms with Gasteiger partial charge in [-0.2, -0.15) is 0 Å². The van der Waals surface area contributed by atoms with Crippen LogP contribution < -0.4 is 0 Å². The molecule has 1 amide bonds. The molecule has 8 rings (SSSR count). The van der Waals surface area contributed by atoms with Crippen LogP contribution in [0.5, 0.6) is 0 Å². The van der Waals surface area contributed by atoms with Crippen LogP contribution in [0.25, 0.3) is 5.57 Å². The van der Waals surface area contributed by atoms with Gasteiger partial charge in [0, 0.05) is 41.2 Å². The Morgan fingerprint density at radius 2 is 1.49 bits per heavy atom. The molecule has 228 valence electrons. The van der Waals surface area contributed by atoms with Crippen molar-refractivity contribution in [3.05, 3.63) is 74.2 Å². The average molecular weight is 639 g/mol. The van der Waals surface area contributed by atoms with Crippen molar-refractivity contribution in [2.45, 2.75) is 70.8 Å². The van der Waals surface area contributed by atoms with Crippen LogP contribution in [0.1, 0.15) is 81.9 Å². The van der Waals surface area contributed by atoms with Crippen molar-refractivity contribution in [1.29, 1.82) is 0 Å². The van der Waals surface area contributed by atoms with Gasteiger partial charge in [-0.25, -0.2) is 0 Å². The molecule has 7 heteroatoms. The SMILES string of the molecule is CC1=C(c2ccc(Cl)cc2)C(c2ccc(Cl)cc2Cl)N=C1C(=O)N1CCN(CCCCC23CC4CC(CC(C4)C2)C3)CC1. The molecule has 0 aromatic heterocycles. The van der Waals surface area contributed by atoms with Crippen LogP contribution in [0, 0.1) is 23.2 Å². The summed E-state index contributed by atoms with van der Waals surface area (Å²) in [4.78, 5) is 23.5. The van der Waals surface area contributed by atoms with Crippen molar-refractivity contribution in [2.24, 2.45) is 28.2 Å². The Bertz CT molecular complexity index is 1400. The standard InChI is InChI=1S/C36H42Cl3N3O/c1-23-32(27-4-6-28(37)7-5-27)34(30-9-8-29(38)19-31(30)39)40-33(23)35(43)42-14-12-41(13-15-42)11-3-2-10-36-20-24-16-25(21-36)18-26(17-24)22-36/h4-9,19,24-26,34H,2-3,10-18,20-22H2,1H3. The zero-order valence-electron chi connectivity index (χ0n) is 25.1. The van der Waals surface area contributed by atoms with E-state index in [1.54, 1.807) is 6.07 Å². The quantitative estimate of drug-likeness (QED) is 0.270. The van der Waals surface area contributed by atoms with Crippen molar-refractivity contribution >= 4 is 52.0 Å². The molecule has 6 aliphatic rings. The smallest absolute Gasteiger partial charge is 0.272 e. The molecule has 1 unspecified atom stereocenters. The summed E-state index contributed by atoms with van der Waals surface area (Å²) in [6.45, 7) is 6.48. The maximum Gasteiger partial charge on any atom is 0.272 e. The number of aliphatic imine (C=N–C) groups is 1. The molecule has 0 spiro atoms. The number of unbranched alkanes of at least 4 members (excludes halogenated alkanes) is 1. The van der Waals surface area contributed by atoms with Crippen LogP contribution in [0.3, 0.4) is 0 Å². The molecule has 0 N–H and O–H groups in total. The maximum absolute atomic E-state index is 13.9. The van der Waals surface area contributed by atoms with Gasteiger partial charge >= 0.3 is 0 Å². The number of benzene rings is 2. The summed E-state index contributed by atoms with van der Waals surface area (Å²) < 4.78 is 0. The van der Waals surface area contributed by atoms with E-state index in [0.717, 1.165) is 72.8 Å². The predicted molar refractivity (Wildman–Crippen MR) is 178 cm³/mol. The van der Waals surface area contributed by atoms with Crippen LogP contribution in [0.4, 0.5) is 0 Å². The van der Waals surface area contributed by atoms with Gasteiger partial charge in [-0.15, -0.1) is 0 Å². The largest absolute Gasteiger partial charge is 0.335 e. The zero-order valence-corrected chi connectivity index (χ0v) is 27.4. The van der Waals surface area contributed by atoms with E-state index in [1.165, 1.54) is 57.8 Å². The number of carbonyl (C=O) groups excluding carboxylic acids is 1. The van der Waals surface area contributed by atoms with E-state index in [-0.39, 0.29) is 11.9 Å². The van der Waals surface area contributed by atoms with Gasteiger partial charge in [-0.05, 0) is 135 Å². The summed E-state index contributed by atoms with van der Waals surface area (Å²) in [5.74, 6) is 3.14. The van der Waals surface area contributed by atoms with E-state index >= 15 is 0 Å². The summed E-state index contributed by atoms with van der Waals surface area (Å²) in [6.07, 6.45) is 13.2. The molecule has 5 fully saturated rings. The molecule has 2 heterocycles. The highest BCUT2D eigenvalue weighted by atomic mass is 35.5. The number of hydrogen-bond acceptors (Lipinski definition) is 3. The van der Waals surface area contributed by atoms with Crippen LogP contribution in [0.2, 0.25) is 15.1 Å². The molecule has 4 saturated carbocycles. The first-order valence-electron chi connectivity index (χ1n) is 16.3. The summed E-state index contributed by atoms with van der Waals surface area (Å²) in [6, 6.07) is 12.8. The van der Waals surface area contributed by atoms with Crippen LogP contribution in [0.15, 0.2) is 53.0 Å². The van der Waals surface area contributed by atoms with Gasteiger partial charge in [-0.1, -0.05) is 59.4 Å². The number of halogens is 3. The monoisotopic (exact) mass is 637 g/mol. The maximum atomic E-state index is 13.9. The third kappa shape index (κ3) is 6.07. The molecule has 2 aromatic carbocycles. The van der Waals surface area contributed by atoms with Gasteiger partial charge in [0.25, 0.3) is 5.91 Å². The molecule has 43 heavy (non-hydrogen) atoms. The minimum absolute atomic E-state index is 0.0121. The van der Waals surface area contributed by atoms with Gasteiger partial charge in [-0.3, -0.25) is 14.7 Å². The van der Waals surface area contributed by atoms with E-state index in [4.69, 9.17) is 39.8 Å². The fourth-order valence-electron chi connectivity index (χ4n) is 9.55. The third-order valence-corrected chi connectivity index (χ3v) is 12.0. The Kier molecular flexibility index (Phi) is 8.44. The van der Waals surface area contributed by atoms with Crippen molar-refractivity contribution < 1.29 is 4.79 Å². The van der Waals surface area contributed by atoms with Crippen LogP contribution in [-0.2, 0) is 4.79 Å². The van der Waals surface area contributed by atoms with E-state index < -0.39 is 0 Å². The lowest BCUT2D eigenvalue weighted by Gasteiger charge is -2.57. The Morgan fingerprint density at radius 3 is 2.12 bits per heavy atom. The Morgan fingerprint density at radius 1 is 0.860 bits per heavy atom. The normalized spacial score (nSPS) is 30.3. The molecule has 2 aromatic rings. The average Bonchev–Trinajstić information content (AvgIpc) is 3.31. The van der Waals surface area contributed by atoms with Crippen molar-refractivity contribution in [3.63, 3.8) is 0 Å². The fourth-order valence-corrected chi connectivity index (χ4v) is 10.2. The molecule has 2 aliphatic heterocycles. The predicted octanol–water partition coefficient (Wildman–Crippen LogP) is 9.15. The molecular weight excluding hydrogens is 597 g/mol. The Balaban J connectivity index is 0.979. The summed E-state index contributed by atoms with van der Waals surface area (Å²) in [5.41, 5.74) is 4.94. The van der Waals surface area contributed by atoms with Crippen LogP contribution in [-0.4, -0.2) is 54.1 Å². The second kappa shape index (κ2) is 12.2. The van der Waals surface area contributed by atoms with E-state index in [1.807, 2.05) is 48.2 Å². The Labute approximate surface area is 271 Å². The molecule has 4 aliphatic carbocycles. The summed E-state index contributed by atoms with van der Waals surface area (Å²) in [5, 5.41) is 1.79. The molecule has 0 radical (unpaired) electrons. The number of piperazine rings is 1. The molecule has 1 saturated heterocycles. The van der Waals surface area contributed by atoms with E-state index in [2.05, 4.69) is 4.90 Å². The number of hydrogen-bond donors (Lipinski definition) is 0. The lowest BCUT2D eigenvalue weighted by molar-refractivity contribution is -0.125. The van der Waals surface area contributed by atoms with E-state index in [0.29, 0.717) is 26.2 Å². The first-order chi connectivity index (χ1) is 20.8. The first-order valence-corrected chi connectivity index (χ1v) is 17.4.